The van der Waals surface area contributed by atoms with Crippen LogP contribution in [0.25, 0.3) is 0 Å². The third kappa shape index (κ3) is 7.55. The first-order chi connectivity index (χ1) is 15.7. The average Bonchev–Trinajstić information content (AvgIpc) is 2.81. The van der Waals surface area contributed by atoms with E-state index in [1.165, 1.54) is 12.1 Å². The topological polar surface area (TPSA) is 77.0 Å². The van der Waals surface area contributed by atoms with Crippen LogP contribution in [0.5, 0.6) is 17.4 Å². The number of guanidine groups is 1. The highest BCUT2D eigenvalue weighted by atomic mass is 19.1. The maximum Gasteiger partial charge on any atom is 0.219 e. The Bertz CT molecular complexity index is 1010. The molecule has 0 saturated heterocycles. The molecule has 8 heteroatoms. The predicted molar refractivity (Wildman–Crippen MR) is 123 cm³/mol. The van der Waals surface area contributed by atoms with E-state index in [-0.39, 0.29) is 5.82 Å². The first-order valence-corrected chi connectivity index (χ1v) is 10.2. The van der Waals surface area contributed by atoms with Crippen molar-refractivity contribution >= 4 is 11.6 Å². The normalized spacial score (nSPS) is 11.2. The molecule has 32 heavy (non-hydrogen) atoms. The van der Waals surface area contributed by atoms with E-state index in [4.69, 9.17) is 14.2 Å². The smallest absolute Gasteiger partial charge is 0.219 e. The summed E-state index contributed by atoms with van der Waals surface area (Å²) in [6, 6.07) is 17.2. The van der Waals surface area contributed by atoms with Gasteiger partial charge in [0.2, 0.25) is 5.88 Å². The molecule has 0 aliphatic heterocycles. The number of hydrogen-bond donors (Lipinski definition) is 2. The summed E-state index contributed by atoms with van der Waals surface area (Å²) >= 11 is 0. The molecule has 0 amide bonds. The van der Waals surface area contributed by atoms with Gasteiger partial charge in [-0.15, -0.1) is 0 Å². The number of aromatic nitrogens is 1. The minimum atomic E-state index is -0.356. The monoisotopic (exact) mass is 438 g/mol. The summed E-state index contributed by atoms with van der Waals surface area (Å²) in [5.41, 5.74) is 1.80. The van der Waals surface area contributed by atoms with E-state index in [0.717, 1.165) is 23.4 Å². The lowest BCUT2D eigenvalue weighted by Gasteiger charge is -2.13. The minimum Gasteiger partial charge on any atom is -0.493 e. The molecule has 7 nitrogen and oxygen atoms in total. The molecule has 1 heterocycles. The summed E-state index contributed by atoms with van der Waals surface area (Å²) in [7, 11) is 3.38. The molecule has 0 aliphatic carbocycles. The fourth-order valence-corrected chi connectivity index (χ4v) is 2.79. The number of aliphatic imine (C=N–C) groups is 1. The number of halogens is 1. The second kappa shape index (κ2) is 12.3. The number of nitrogens with one attached hydrogen (secondary N) is 2. The molecule has 2 aromatic carbocycles. The maximum atomic E-state index is 13.3. The number of pyridine rings is 1. The fraction of sp³-hybridized carbons (Fsp3) is 0.250. The van der Waals surface area contributed by atoms with Crippen LogP contribution in [0.1, 0.15) is 12.0 Å². The Labute approximate surface area is 187 Å². The lowest BCUT2D eigenvalue weighted by molar-refractivity contribution is 0.172. The van der Waals surface area contributed by atoms with Crippen molar-refractivity contribution in [3.8, 4) is 17.4 Å². The van der Waals surface area contributed by atoms with Crippen molar-refractivity contribution < 1.29 is 18.6 Å². The van der Waals surface area contributed by atoms with Crippen molar-refractivity contribution in [2.75, 3.05) is 32.7 Å². The van der Waals surface area contributed by atoms with E-state index in [0.29, 0.717) is 37.3 Å². The van der Waals surface area contributed by atoms with Gasteiger partial charge < -0.3 is 24.8 Å². The number of anilines is 1. The molecule has 0 spiro atoms. The summed E-state index contributed by atoms with van der Waals surface area (Å²) in [4.78, 5) is 8.53. The highest BCUT2D eigenvalue weighted by molar-refractivity contribution is 5.93. The van der Waals surface area contributed by atoms with E-state index in [9.17, 15) is 4.39 Å². The van der Waals surface area contributed by atoms with Crippen molar-refractivity contribution in [3.63, 3.8) is 0 Å². The highest BCUT2D eigenvalue weighted by Crippen LogP contribution is 2.20. The van der Waals surface area contributed by atoms with Crippen molar-refractivity contribution in [2.45, 2.75) is 13.0 Å². The van der Waals surface area contributed by atoms with E-state index in [1.54, 1.807) is 38.6 Å². The minimum absolute atomic E-state index is 0.356. The second-order valence-corrected chi connectivity index (χ2v) is 6.84. The number of hydrogen-bond acceptors (Lipinski definition) is 5. The SMILES string of the molecule is CN=C(NCc1ccc(Oc2cccc(F)c2)nc1)Nc1cccc(OCCCOC)c1. The van der Waals surface area contributed by atoms with Gasteiger partial charge in [-0.1, -0.05) is 18.2 Å². The number of nitrogens with zero attached hydrogens (tertiary/aromatic N) is 2. The van der Waals surface area contributed by atoms with Crippen molar-refractivity contribution in [1.29, 1.82) is 0 Å². The van der Waals surface area contributed by atoms with E-state index < -0.39 is 0 Å². The number of benzene rings is 2. The van der Waals surface area contributed by atoms with Gasteiger partial charge in [-0.05, 0) is 29.8 Å². The van der Waals surface area contributed by atoms with Gasteiger partial charge in [0.25, 0.3) is 0 Å². The van der Waals surface area contributed by atoms with Gasteiger partial charge in [0.05, 0.1) is 6.61 Å². The van der Waals surface area contributed by atoms with Crippen LogP contribution in [0, 0.1) is 5.82 Å². The standard InChI is InChI=1S/C24H27FN4O3/c1-26-24(29-20-7-4-8-21(15-20)31-13-5-12-30-2)28-17-18-10-11-23(27-16-18)32-22-9-3-6-19(25)14-22/h3-4,6-11,14-16H,5,12-13,17H2,1-2H3,(H2,26,28,29). The van der Waals surface area contributed by atoms with Gasteiger partial charge in [-0.2, -0.15) is 0 Å². The molecular formula is C24H27FN4O3. The van der Waals surface area contributed by atoms with Crippen LogP contribution in [0.15, 0.2) is 71.9 Å². The van der Waals surface area contributed by atoms with Gasteiger partial charge in [0, 0.05) is 63.8 Å². The number of rotatable bonds is 10. The Kier molecular flexibility index (Phi) is 8.82. The Balaban J connectivity index is 1.50. The van der Waals surface area contributed by atoms with Crippen LogP contribution < -0.4 is 20.1 Å². The molecule has 0 aliphatic rings. The zero-order chi connectivity index (χ0) is 22.6. The third-order valence-corrected chi connectivity index (χ3v) is 4.36. The zero-order valence-corrected chi connectivity index (χ0v) is 18.2. The summed E-state index contributed by atoms with van der Waals surface area (Å²) < 4.78 is 29.6. The average molecular weight is 439 g/mol. The molecule has 2 N–H and O–H groups in total. The summed E-state index contributed by atoms with van der Waals surface area (Å²) in [6.45, 7) is 1.78. The maximum absolute atomic E-state index is 13.3. The Morgan fingerprint density at radius 2 is 1.88 bits per heavy atom. The van der Waals surface area contributed by atoms with Gasteiger partial charge in [0.1, 0.15) is 17.3 Å². The van der Waals surface area contributed by atoms with E-state index in [1.807, 2.05) is 30.3 Å². The Hall–Kier alpha value is -3.65. The summed E-state index contributed by atoms with van der Waals surface area (Å²) in [5.74, 6) is 1.83. The van der Waals surface area contributed by atoms with Gasteiger partial charge in [-0.3, -0.25) is 4.99 Å². The molecule has 0 unspecified atom stereocenters. The molecule has 0 saturated carbocycles. The molecule has 0 bridgehead atoms. The van der Waals surface area contributed by atoms with Gasteiger partial charge in [-0.25, -0.2) is 9.37 Å². The molecule has 168 valence electrons. The molecule has 3 rings (SSSR count). The summed E-state index contributed by atoms with van der Waals surface area (Å²) in [6.07, 6.45) is 2.53. The van der Waals surface area contributed by atoms with Crippen LogP contribution in [0.4, 0.5) is 10.1 Å². The first kappa shape index (κ1) is 23.0. The zero-order valence-electron chi connectivity index (χ0n) is 18.2. The third-order valence-electron chi connectivity index (χ3n) is 4.36. The highest BCUT2D eigenvalue weighted by Gasteiger charge is 2.04. The lowest BCUT2D eigenvalue weighted by atomic mass is 10.3. The number of ether oxygens (including phenoxy) is 3. The van der Waals surface area contributed by atoms with E-state index in [2.05, 4.69) is 20.6 Å². The van der Waals surface area contributed by atoms with Crippen molar-refractivity contribution in [1.82, 2.24) is 10.3 Å². The Morgan fingerprint density at radius 3 is 2.62 bits per heavy atom. The largest absolute Gasteiger partial charge is 0.493 e. The van der Waals surface area contributed by atoms with Crippen molar-refractivity contribution in [3.05, 3.63) is 78.2 Å². The lowest BCUT2D eigenvalue weighted by Crippen LogP contribution is -2.30. The molecule has 1 aromatic heterocycles. The first-order valence-electron chi connectivity index (χ1n) is 10.2. The van der Waals surface area contributed by atoms with E-state index >= 15 is 0 Å². The Morgan fingerprint density at radius 1 is 1.03 bits per heavy atom. The second-order valence-electron chi connectivity index (χ2n) is 6.84. The predicted octanol–water partition coefficient (Wildman–Crippen LogP) is 4.62. The van der Waals surface area contributed by atoms with Crippen molar-refractivity contribution in [2.24, 2.45) is 4.99 Å². The molecular weight excluding hydrogens is 411 g/mol. The quantitative estimate of drug-likeness (QED) is 0.273. The summed E-state index contributed by atoms with van der Waals surface area (Å²) in [5, 5.41) is 6.49. The fourth-order valence-electron chi connectivity index (χ4n) is 2.79. The van der Waals surface area contributed by atoms with Crippen LogP contribution in [-0.4, -0.2) is 38.3 Å². The van der Waals surface area contributed by atoms with Gasteiger partial charge >= 0.3 is 0 Å². The molecule has 0 radical (unpaired) electrons. The van der Waals surface area contributed by atoms with Crippen LogP contribution in [-0.2, 0) is 11.3 Å². The number of methoxy groups -OCH3 is 1. The molecule has 3 aromatic rings. The van der Waals surface area contributed by atoms with Crippen LogP contribution in [0.3, 0.4) is 0 Å². The molecule has 0 fully saturated rings. The van der Waals surface area contributed by atoms with Gasteiger partial charge in [0.15, 0.2) is 5.96 Å². The molecule has 0 atom stereocenters. The van der Waals surface area contributed by atoms with Crippen LogP contribution >= 0.6 is 0 Å². The van der Waals surface area contributed by atoms with Crippen LogP contribution in [0.2, 0.25) is 0 Å².